The van der Waals surface area contributed by atoms with Gasteiger partial charge in [0.05, 0.1) is 12.5 Å². The zero-order valence-electron chi connectivity index (χ0n) is 30.6. The Labute approximate surface area is 280 Å². The fourth-order valence-electron chi connectivity index (χ4n) is 7.55. The van der Waals surface area contributed by atoms with Crippen LogP contribution in [0, 0.1) is 17.8 Å². The molecule has 1 fully saturated rings. The quantitative estimate of drug-likeness (QED) is 0.0606. The molecule has 0 saturated carbocycles. The van der Waals surface area contributed by atoms with Crippen molar-refractivity contribution >= 4 is 11.9 Å². The van der Waals surface area contributed by atoms with E-state index < -0.39 is 5.97 Å². The molecular formula is C40H77NO4. The van der Waals surface area contributed by atoms with Crippen LogP contribution in [0.25, 0.3) is 0 Å². The van der Waals surface area contributed by atoms with E-state index in [0.29, 0.717) is 30.9 Å². The summed E-state index contributed by atoms with van der Waals surface area (Å²) in [6.45, 7) is 11.6. The molecule has 1 aliphatic heterocycles. The lowest BCUT2D eigenvalue weighted by atomic mass is 9.79. The van der Waals surface area contributed by atoms with Crippen LogP contribution in [-0.4, -0.2) is 47.7 Å². The number of rotatable bonds is 31. The summed E-state index contributed by atoms with van der Waals surface area (Å²) in [7, 11) is 0. The van der Waals surface area contributed by atoms with E-state index in [1.54, 1.807) is 0 Å². The van der Waals surface area contributed by atoms with E-state index in [0.717, 1.165) is 38.8 Å². The van der Waals surface area contributed by atoms with Gasteiger partial charge in [0.25, 0.3) is 0 Å². The minimum atomic E-state index is -0.593. The number of aliphatic carboxylic acids is 1. The third-order valence-corrected chi connectivity index (χ3v) is 10.6. The fourth-order valence-corrected chi connectivity index (χ4v) is 7.55. The Balaban J connectivity index is 2.36. The smallest absolute Gasteiger partial charge is 0.306 e. The summed E-state index contributed by atoms with van der Waals surface area (Å²) in [6.07, 6.45) is 32.4. The Morgan fingerprint density at radius 2 is 1.16 bits per heavy atom. The Morgan fingerprint density at radius 3 is 1.71 bits per heavy atom. The summed E-state index contributed by atoms with van der Waals surface area (Å²) in [4.78, 5) is 26.9. The van der Waals surface area contributed by atoms with Crippen LogP contribution in [-0.2, 0) is 14.3 Å². The molecule has 4 unspecified atom stereocenters. The molecule has 0 bridgehead atoms. The van der Waals surface area contributed by atoms with Gasteiger partial charge in [0.1, 0.15) is 0 Å². The number of unbranched alkanes of at least 4 members (excludes halogenated alkanes) is 16. The Morgan fingerprint density at radius 1 is 0.667 bits per heavy atom. The molecule has 4 atom stereocenters. The largest absolute Gasteiger partial charge is 0.481 e. The fraction of sp³-hybridized carbons (Fsp3) is 0.950. The predicted molar refractivity (Wildman–Crippen MR) is 192 cm³/mol. The lowest BCUT2D eigenvalue weighted by molar-refractivity contribution is -0.146. The van der Waals surface area contributed by atoms with Crippen LogP contribution in [0.4, 0.5) is 0 Å². The van der Waals surface area contributed by atoms with Crippen molar-refractivity contribution in [1.82, 2.24) is 4.90 Å². The van der Waals surface area contributed by atoms with E-state index in [1.165, 1.54) is 141 Å². The number of carboxylic acids is 1. The second-order valence-corrected chi connectivity index (χ2v) is 14.5. The van der Waals surface area contributed by atoms with Crippen LogP contribution in [0.1, 0.15) is 201 Å². The predicted octanol–water partition coefficient (Wildman–Crippen LogP) is 11.8. The summed E-state index contributed by atoms with van der Waals surface area (Å²) in [5.74, 6) is 0.400. The maximum Gasteiger partial charge on any atom is 0.306 e. The van der Waals surface area contributed by atoms with E-state index in [1.807, 2.05) is 0 Å². The highest BCUT2D eigenvalue weighted by molar-refractivity contribution is 5.70. The lowest BCUT2D eigenvalue weighted by Crippen LogP contribution is -2.48. The minimum absolute atomic E-state index is 0.00137. The monoisotopic (exact) mass is 636 g/mol. The van der Waals surface area contributed by atoms with Crippen molar-refractivity contribution in [3.63, 3.8) is 0 Å². The SMILES string of the molecule is CCCCCCCCCCC(CCCCCCCCC(=O)OCC(CCCC)CCCCCC)C1CC(C(=O)O)CCN1CC. The highest BCUT2D eigenvalue weighted by Gasteiger charge is 2.35. The standard InChI is InChI=1S/C40H77NO4/c1-5-9-12-14-15-16-19-23-28-36(38-33-37(40(43)44)31-32-41(38)8-4)29-24-20-17-18-21-25-30-39(42)45-34-35(26-11-7-3)27-22-13-10-6-2/h35-38H,5-34H2,1-4H3,(H,43,44). The van der Waals surface area contributed by atoms with Crippen molar-refractivity contribution in [3.05, 3.63) is 0 Å². The van der Waals surface area contributed by atoms with E-state index in [2.05, 4.69) is 32.6 Å². The number of carboxylic acid groups (broad SMARTS) is 1. The summed E-state index contributed by atoms with van der Waals surface area (Å²) < 4.78 is 5.72. The molecule has 0 radical (unpaired) electrons. The van der Waals surface area contributed by atoms with Crippen molar-refractivity contribution in [3.8, 4) is 0 Å². The van der Waals surface area contributed by atoms with Crippen LogP contribution in [0.2, 0.25) is 0 Å². The van der Waals surface area contributed by atoms with Gasteiger partial charge in [-0.1, -0.05) is 150 Å². The van der Waals surface area contributed by atoms with Gasteiger partial charge in [0.2, 0.25) is 0 Å². The Kier molecular flexibility index (Phi) is 27.1. The average molecular weight is 636 g/mol. The number of hydrogen-bond acceptors (Lipinski definition) is 4. The summed E-state index contributed by atoms with van der Waals surface area (Å²) in [5, 5.41) is 9.77. The highest BCUT2D eigenvalue weighted by Crippen LogP contribution is 2.33. The molecule has 0 spiro atoms. The first-order chi connectivity index (χ1) is 22.0. The molecule has 1 aliphatic rings. The van der Waals surface area contributed by atoms with Gasteiger partial charge >= 0.3 is 11.9 Å². The number of likely N-dealkylation sites (tertiary alicyclic amines) is 1. The van der Waals surface area contributed by atoms with Gasteiger partial charge in [-0.15, -0.1) is 0 Å². The van der Waals surface area contributed by atoms with Crippen LogP contribution in [0.5, 0.6) is 0 Å². The Hall–Kier alpha value is -1.10. The average Bonchev–Trinajstić information content (AvgIpc) is 3.04. The van der Waals surface area contributed by atoms with Gasteiger partial charge in [0, 0.05) is 12.5 Å². The first-order valence-electron chi connectivity index (χ1n) is 20.1. The molecule has 0 amide bonds. The molecule has 1 saturated heterocycles. The van der Waals surface area contributed by atoms with Crippen molar-refractivity contribution < 1.29 is 19.4 Å². The summed E-state index contributed by atoms with van der Waals surface area (Å²) >= 11 is 0. The van der Waals surface area contributed by atoms with Crippen LogP contribution in [0.15, 0.2) is 0 Å². The summed E-state index contributed by atoms with van der Waals surface area (Å²) in [5.41, 5.74) is 0. The number of piperidine rings is 1. The minimum Gasteiger partial charge on any atom is -0.481 e. The van der Waals surface area contributed by atoms with Gasteiger partial charge in [-0.3, -0.25) is 9.59 Å². The maximum absolute atomic E-state index is 12.4. The molecule has 0 aromatic heterocycles. The maximum atomic E-state index is 12.4. The number of carbonyl (C=O) groups is 2. The van der Waals surface area contributed by atoms with E-state index in [4.69, 9.17) is 4.74 Å². The van der Waals surface area contributed by atoms with E-state index >= 15 is 0 Å². The van der Waals surface area contributed by atoms with Gasteiger partial charge in [-0.25, -0.2) is 0 Å². The van der Waals surface area contributed by atoms with Crippen LogP contribution >= 0.6 is 0 Å². The molecule has 45 heavy (non-hydrogen) atoms. The van der Waals surface area contributed by atoms with Gasteiger partial charge in [0.15, 0.2) is 0 Å². The Bertz CT molecular complexity index is 698. The first-order valence-corrected chi connectivity index (χ1v) is 20.1. The molecule has 5 heteroatoms. The van der Waals surface area contributed by atoms with Gasteiger partial charge < -0.3 is 14.7 Å². The van der Waals surface area contributed by atoms with E-state index in [9.17, 15) is 14.7 Å². The van der Waals surface area contributed by atoms with Crippen molar-refractivity contribution in [2.24, 2.45) is 17.8 Å². The van der Waals surface area contributed by atoms with Crippen LogP contribution < -0.4 is 0 Å². The number of nitrogens with zero attached hydrogens (tertiary/aromatic N) is 1. The first kappa shape index (κ1) is 41.9. The van der Waals surface area contributed by atoms with Crippen LogP contribution in [0.3, 0.4) is 0 Å². The topological polar surface area (TPSA) is 66.8 Å². The zero-order chi connectivity index (χ0) is 33.0. The lowest BCUT2D eigenvalue weighted by Gasteiger charge is -2.42. The number of carbonyl (C=O) groups excluding carboxylic acids is 1. The number of ether oxygens (including phenoxy) is 1. The van der Waals surface area contributed by atoms with Crippen molar-refractivity contribution in [2.45, 2.75) is 207 Å². The third kappa shape index (κ3) is 21.4. The summed E-state index contributed by atoms with van der Waals surface area (Å²) in [6, 6.07) is 0.429. The molecule has 0 aromatic rings. The number of esters is 1. The highest BCUT2D eigenvalue weighted by atomic mass is 16.5. The third-order valence-electron chi connectivity index (χ3n) is 10.6. The molecular weight excluding hydrogens is 558 g/mol. The molecule has 266 valence electrons. The van der Waals surface area contributed by atoms with Crippen molar-refractivity contribution in [1.29, 1.82) is 0 Å². The molecule has 1 N–H and O–H groups in total. The van der Waals surface area contributed by atoms with Gasteiger partial charge in [-0.2, -0.15) is 0 Å². The molecule has 1 heterocycles. The zero-order valence-corrected chi connectivity index (χ0v) is 30.6. The second kappa shape index (κ2) is 29.1. The molecule has 5 nitrogen and oxygen atoms in total. The molecule has 0 aliphatic carbocycles. The molecule has 0 aromatic carbocycles. The number of hydrogen-bond donors (Lipinski definition) is 1. The molecule has 1 rings (SSSR count). The van der Waals surface area contributed by atoms with E-state index in [-0.39, 0.29) is 11.9 Å². The van der Waals surface area contributed by atoms with Crippen molar-refractivity contribution in [2.75, 3.05) is 19.7 Å². The van der Waals surface area contributed by atoms with Gasteiger partial charge in [-0.05, 0) is 69.9 Å². The second-order valence-electron chi connectivity index (χ2n) is 14.5. The normalized spacial score (nSPS) is 18.6.